The van der Waals surface area contributed by atoms with E-state index in [9.17, 15) is 18.0 Å². The van der Waals surface area contributed by atoms with Crippen LogP contribution in [-0.2, 0) is 21.4 Å². The van der Waals surface area contributed by atoms with Crippen molar-refractivity contribution in [2.24, 2.45) is 0 Å². The number of aromatic nitrogens is 2. The first-order chi connectivity index (χ1) is 12.1. The van der Waals surface area contributed by atoms with Crippen LogP contribution in [0.15, 0.2) is 41.4 Å². The zero-order valence-electron chi connectivity index (χ0n) is 14.6. The molecule has 0 saturated carbocycles. The molecule has 26 heavy (non-hydrogen) atoms. The Bertz CT molecular complexity index is 903. The van der Waals surface area contributed by atoms with E-state index in [1.165, 1.54) is 52.6 Å². The molecule has 1 amide bonds. The Kier molecular flexibility index (Phi) is 5.78. The van der Waals surface area contributed by atoms with Crippen LogP contribution in [-0.4, -0.2) is 52.6 Å². The maximum absolute atomic E-state index is 12.4. The second-order valence-corrected chi connectivity index (χ2v) is 7.88. The van der Waals surface area contributed by atoms with Gasteiger partial charge in [0.2, 0.25) is 10.0 Å². The second-order valence-electron chi connectivity index (χ2n) is 5.89. The molecule has 0 aliphatic heterocycles. The van der Waals surface area contributed by atoms with Crippen LogP contribution < -0.4 is 5.32 Å². The van der Waals surface area contributed by atoms with Gasteiger partial charge in [-0.1, -0.05) is 0 Å². The number of aliphatic carboxylic acids is 1. The summed E-state index contributed by atoms with van der Waals surface area (Å²) in [4.78, 5) is 22.9. The molecule has 0 unspecified atom stereocenters. The van der Waals surface area contributed by atoms with Gasteiger partial charge in [0.05, 0.1) is 4.90 Å². The van der Waals surface area contributed by atoms with E-state index in [-0.39, 0.29) is 28.9 Å². The van der Waals surface area contributed by atoms with Crippen molar-refractivity contribution in [3.8, 4) is 0 Å². The SMILES string of the molecule is CC(C)N(C)S(=O)(=O)c1ccc(C(=O)Nc2ccn(CC(=O)O)n2)cc1. The number of carbonyl (C=O) groups is 2. The molecule has 1 aromatic heterocycles. The number of rotatable bonds is 7. The minimum absolute atomic E-state index is 0.0935. The van der Waals surface area contributed by atoms with Crippen molar-refractivity contribution in [1.29, 1.82) is 0 Å². The van der Waals surface area contributed by atoms with E-state index in [2.05, 4.69) is 10.4 Å². The lowest BCUT2D eigenvalue weighted by molar-refractivity contribution is -0.137. The van der Waals surface area contributed by atoms with Crippen molar-refractivity contribution in [2.75, 3.05) is 12.4 Å². The summed E-state index contributed by atoms with van der Waals surface area (Å²) in [5.41, 5.74) is 0.254. The number of sulfonamides is 1. The van der Waals surface area contributed by atoms with Crippen molar-refractivity contribution < 1.29 is 23.1 Å². The Labute approximate surface area is 151 Å². The molecular weight excluding hydrogens is 360 g/mol. The quantitative estimate of drug-likeness (QED) is 0.745. The summed E-state index contributed by atoms with van der Waals surface area (Å²) in [5.74, 6) is -1.33. The van der Waals surface area contributed by atoms with Gasteiger partial charge in [-0.15, -0.1) is 0 Å². The van der Waals surface area contributed by atoms with E-state index in [0.29, 0.717) is 0 Å². The van der Waals surface area contributed by atoms with E-state index in [0.717, 1.165) is 0 Å². The van der Waals surface area contributed by atoms with E-state index in [1.54, 1.807) is 13.8 Å². The number of hydrogen-bond donors (Lipinski definition) is 2. The smallest absolute Gasteiger partial charge is 0.325 e. The van der Waals surface area contributed by atoms with Crippen LogP contribution in [0.4, 0.5) is 5.82 Å². The molecule has 140 valence electrons. The Morgan fingerprint density at radius 1 is 1.23 bits per heavy atom. The lowest BCUT2D eigenvalue weighted by atomic mass is 10.2. The Balaban J connectivity index is 2.11. The summed E-state index contributed by atoms with van der Waals surface area (Å²) in [7, 11) is -2.12. The summed E-state index contributed by atoms with van der Waals surface area (Å²) in [5, 5.41) is 15.1. The molecule has 0 bridgehead atoms. The van der Waals surface area contributed by atoms with E-state index in [1.807, 2.05) is 0 Å². The van der Waals surface area contributed by atoms with Crippen molar-refractivity contribution in [3.05, 3.63) is 42.1 Å². The molecule has 2 N–H and O–H groups in total. The van der Waals surface area contributed by atoms with Gasteiger partial charge in [0.1, 0.15) is 6.54 Å². The number of anilines is 1. The van der Waals surface area contributed by atoms with Crippen molar-refractivity contribution in [1.82, 2.24) is 14.1 Å². The molecular formula is C16H20N4O5S. The zero-order chi connectivity index (χ0) is 19.5. The van der Waals surface area contributed by atoms with Gasteiger partial charge in [-0.3, -0.25) is 14.3 Å². The minimum atomic E-state index is -3.62. The van der Waals surface area contributed by atoms with Gasteiger partial charge < -0.3 is 10.4 Å². The number of carbonyl (C=O) groups excluding carboxylic acids is 1. The van der Waals surface area contributed by atoms with Gasteiger partial charge >= 0.3 is 5.97 Å². The molecule has 0 saturated heterocycles. The van der Waals surface area contributed by atoms with Crippen LogP contribution in [0.5, 0.6) is 0 Å². The molecule has 0 aliphatic carbocycles. The molecule has 0 atom stereocenters. The van der Waals surface area contributed by atoms with Crippen LogP contribution in [0, 0.1) is 0 Å². The predicted molar refractivity (Wildman–Crippen MR) is 94.3 cm³/mol. The number of carboxylic acids is 1. The lowest BCUT2D eigenvalue weighted by Gasteiger charge is -2.21. The largest absolute Gasteiger partial charge is 0.480 e. The first-order valence-corrected chi connectivity index (χ1v) is 9.20. The van der Waals surface area contributed by atoms with Crippen LogP contribution in [0.2, 0.25) is 0 Å². The fourth-order valence-electron chi connectivity index (χ4n) is 2.07. The van der Waals surface area contributed by atoms with Crippen LogP contribution >= 0.6 is 0 Å². The van der Waals surface area contributed by atoms with Crippen molar-refractivity contribution in [3.63, 3.8) is 0 Å². The molecule has 10 heteroatoms. The number of nitrogens with zero attached hydrogens (tertiary/aromatic N) is 3. The van der Waals surface area contributed by atoms with E-state index in [4.69, 9.17) is 5.11 Å². The Morgan fingerprint density at radius 3 is 2.38 bits per heavy atom. The van der Waals surface area contributed by atoms with E-state index < -0.39 is 21.9 Å². The van der Waals surface area contributed by atoms with Gasteiger partial charge in [0.15, 0.2) is 5.82 Å². The lowest BCUT2D eigenvalue weighted by Crippen LogP contribution is -2.33. The Hall–Kier alpha value is -2.72. The molecule has 1 heterocycles. The minimum Gasteiger partial charge on any atom is -0.480 e. The molecule has 0 fully saturated rings. The maximum Gasteiger partial charge on any atom is 0.325 e. The predicted octanol–water partition coefficient (Wildman–Crippen LogP) is 1.25. The summed E-state index contributed by atoms with van der Waals surface area (Å²) >= 11 is 0. The average molecular weight is 380 g/mol. The van der Waals surface area contributed by atoms with Gasteiger partial charge in [0.25, 0.3) is 5.91 Å². The van der Waals surface area contributed by atoms with Crippen molar-refractivity contribution >= 4 is 27.7 Å². The summed E-state index contributed by atoms with van der Waals surface area (Å²) in [6.45, 7) is 3.22. The third-order valence-corrected chi connectivity index (χ3v) is 5.75. The molecule has 2 rings (SSSR count). The molecule has 0 radical (unpaired) electrons. The molecule has 9 nitrogen and oxygen atoms in total. The highest BCUT2D eigenvalue weighted by atomic mass is 32.2. The summed E-state index contributed by atoms with van der Waals surface area (Å²) in [6.07, 6.45) is 1.43. The average Bonchev–Trinajstić information content (AvgIpc) is 3.00. The number of amides is 1. The highest BCUT2D eigenvalue weighted by molar-refractivity contribution is 7.89. The first kappa shape index (κ1) is 19.6. The van der Waals surface area contributed by atoms with Crippen molar-refractivity contribution in [2.45, 2.75) is 31.3 Å². The van der Waals surface area contributed by atoms with Crippen LogP contribution in [0.25, 0.3) is 0 Å². The molecule has 1 aromatic carbocycles. The maximum atomic E-state index is 12.4. The standard InChI is InChI=1S/C16H20N4O5S/c1-11(2)19(3)26(24,25)13-6-4-12(5-7-13)16(23)17-14-8-9-20(18-14)10-15(21)22/h4-9,11H,10H2,1-3H3,(H,21,22)(H,17,18,23). The summed E-state index contributed by atoms with van der Waals surface area (Å²) < 4.78 is 27.2. The topological polar surface area (TPSA) is 122 Å². The summed E-state index contributed by atoms with van der Waals surface area (Å²) in [6, 6.07) is 6.83. The number of benzene rings is 1. The van der Waals surface area contributed by atoms with Crippen LogP contribution in [0.1, 0.15) is 24.2 Å². The third-order valence-electron chi connectivity index (χ3n) is 3.70. The normalized spacial score (nSPS) is 11.7. The van der Waals surface area contributed by atoms with E-state index >= 15 is 0 Å². The highest BCUT2D eigenvalue weighted by Crippen LogP contribution is 2.17. The van der Waals surface area contributed by atoms with Gasteiger partial charge in [-0.05, 0) is 38.1 Å². The molecule has 2 aromatic rings. The second kappa shape index (κ2) is 7.67. The van der Waals surface area contributed by atoms with Crippen LogP contribution in [0.3, 0.4) is 0 Å². The third kappa shape index (κ3) is 4.46. The molecule has 0 aliphatic rings. The fraction of sp³-hybridized carbons (Fsp3) is 0.312. The highest BCUT2D eigenvalue weighted by Gasteiger charge is 2.23. The Morgan fingerprint density at radius 2 is 1.85 bits per heavy atom. The van der Waals surface area contributed by atoms with Gasteiger partial charge in [-0.2, -0.15) is 9.40 Å². The monoisotopic (exact) mass is 380 g/mol. The number of nitrogens with one attached hydrogen (secondary N) is 1. The van der Waals surface area contributed by atoms with Gasteiger partial charge in [0, 0.05) is 30.9 Å². The van der Waals surface area contributed by atoms with Gasteiger partial charge in [-0.25, -0.2) is 8.42 Å². The number of hydrogen-bond acceptors (Lipinski definition) is 5. The number of carboxylic acid groups (broad SMARTS) is 1. The molecule has 0 spiro atoms. The fourth-order valence-corrected chi connectivity index (χ4v) is 3.43. The zero-order valence-corrected chi connectivity index (χ0v) is 15.4. The first-order valence-electron chi connectivity index (χ1n) is 7.76.